The van der Waals surface area contributed by atoms with Crippen molar-refractivity contribution in [3.63, 3.8) is 0 Å². The molecule has 1 atom stereocenters. The van der Waals surface area contributed by atoms with Gasteiger partial charge in [0, 0.05) is 0 Å². The fourth-order valence-corrected chi connectivity index (χ4v) is 1.69. The van der Waals surface area contributed by atoms with Crippen LogP contribution in [0.1, 0.15) is 26.7 Å². The Morgan fingerprint density at radius 2 is 2.00 bits per heavy atom. The minimum absolute atomic E-state index is 0.0172. The standard InChI is InChI=1S/C13H16O4/c1-3-4-5-10-7-6-9(11(14)15)8-13(10,2)12(16)17/h5-8H,3-4H2,1-2H3,(H,14,15)(H,16,17). The third kappa shape index (κ3) is 2.64. The van der Waals surface area contributed by atoms with E-state index in [9.17, 15) is 14.7 Å². The highest BCUT2D eigenvalue weighted by atomic mass is 16.4. The van der Waals surface area contributed by atoms with Gasteiger partial charge >= 0.3 is 11.9 Å². The lowest BCUT2D eigenvalue weighted by Crippen LogP contribution is -2.29. The minimum atomic E-state index is -1.25. The van der Waals surface area contributed by atoms with E-state index in [1.165, 1.54) is 19.1 Å². The lowest BCUT2D eigenvalue weighted by atomic mass is 9.76. The molecule has 0 aromatic rings. The Labute approximate surface area is 100.0 Å². The number of carboxylic acid groups (broad SMARTS) is 2. The first-order chi connectivity index (χ1) is 7.91. The summed E-state index contributed by atoms with van der Waals surface area (Å²) in [5.74, 6) is -2.15. The number of allylic oxidation sites excluding steroid dienone is 2. The van der Waals surface area contributed by atoms with Crippen molar-refractivity contribution < 1.29 is 19.8 Å². The van der Waals surface area contributed by atoms with Gasteiger partial charge in [-0.1, -0.05) is 25.5 Å². The minimum Gasteiger partial charge on any atom is -0.480 e. The molecule has 4 heteroatoms. The van der Waals surface area contributed by atoms with Crippen molar-refractivity contribution in [3.05, 3.63) is 35.5 Å². The molecule has 1 rings (SSSR count). The first kappa shape index (κ1) is 13.2. The molecule has 0 fully saturated rings. The second-order valence-electron chi connectivity index (χ2n) is 4.19. The number of carbonyl (C=O) groups is 2. The van der Waals surface area contributed by atoms with Crippen LogP contribution in [-0.4, -0.2) is 22.2 Å². The molecule has 0 saturated carbocycles. The molecule has 0 radical (unpaired) electrons. The average Bonchev–Trinajstić information content (AvgIpc) is 2.27. The Balaban J connectivity index is 3.19. The van der Waals surface area contributed by atoms with Crippen LogP contribution in [0.15, 0.2) is 35.5 Å². The molecule has 4 nitrogen and oxygen atoms in total. The van der Waals surface area contributed by atoms with Crippen molar-refractivity contribution in [3.8, 4) is 0 Å². The maximum absolute atomic E-state index is 11.3. The molecule has 0 bridgehead atoms. The topological polar surface area (TPSA) is 74.6 Å². The summed E-state index contributed by atoms with van der Waals surface area (Å²) in [6, 6.07) is 0. The van der Waals surface area contributed by atoms with E-state index in [1.807, 2.05) is 13.0 Å². The first-order valence-electron chi connectivity index (χ1n) is 5.50. The van der Waals surface area contributed by atoms with Crippen LogP contribution in [0.2, 0.25) is 0 Å². The number of unbranched alkanes of at least 4 members (excludes halogenated alkanes) is 1. The van der Waals surface area contributed by atoms with Crippen LogP contribution >= 0.6 is 0 Å². The SMILES string of the molecule is CCCC=C1C=CC(C(=O)O)=CC1(C)C(=O)O. The van der Waals surface area contributed by atoms with Crippen LogP contribution in [0.3, 0.4) is 0 Å². The van der Waals surface area contributed by atoms with Crippen molar-refractivity contribution in [2.24, 2.45) is 5.41 Å². The predicted molar refractivity (Wildman–Crippen MR) is 63.6 cm³/mol. The summed E-state index contributed by atoms with van der Waals surface area (Å²) in [4.78, 5) is 22.2. The summed E-state index contributed by atoms with van der Waals surface area (Å²) in [7, 11) is 0. The van der Waals surface area contributed by atoms with E-state index in [2.05, 4.69) is 0 Å². The molecule has 0 aromatic heterocycles. The zero-order valence-corrected chi connectivity index (χ0v) is 9.93. The molecule has 1 aliphatic carbocycles. The smallest absolute Gasteiger partial charge is 0.335 e. The van der Waals surface area contributed by atoms with E-state index in [1.54, 1.807) is 6.08 Å². The Hall–Kier alpha value is -1.84. The van der Waals surface area contributed by atoms with Gasteiger partial charge < -0.3 is 10.2 Å². The van der Waals surface area contributed by atoms with Crippen LogP contribution in [0, 0.1) is 5.41 Å². The first-order valence-corrected chi connectivity index (χ1v) is 5.50. The number of carboxylic acids is 2. The van der Waals surface area contributed by atoms with Crippen LogP contribution < -0.4 is 0 Å². The lowest BCUT2D eigenvalue weighted by Gasteiger charge is -2.26. The summed E-state index contributed by atoms with van der Waals surface area (Å²) in [5.41, 5.74) is -0.599. The highest BCUT2D eigenvalue weighted by Gasteiger charge is 2.36. The molecule has 2 N–H and O–H groups in total. The van der Waals surface area contributed by atoms with Gasteiger partial charge in [0.25, 0.3) is 0 Å². The van der Waals surface area contributed by atoms with Gasteiger partial charge in [-0.2, -0.15) is 0 Å². The van der Waals surface area contributed by atoms with Gasteiger partial charge in [-0.3, -0.25) is 4.79 Å². The van der Waals surface area contributed by atoms with Crippen molar-refractivity contribution in [2.75, 3.05) is 0 Å². The predicted octanol–water partition coefficient (Wildman–Crippen LogP) is 2.38. The van der Waals surface area contributed by atoms with Crippen molar-refractivity contribution in [2.45, 2.75) is 26.7 Å². The quantitative estimate of drug-likeness (QED) is 0.785. The zero-order valence-electron chi connectivity index (χ0n) is 9.93. The normalized spacial score (nSPS) is 25.8. The number of aliphatic carboxylic acids is 2. The van der Waals surface area contributed by atoms with Crippen molar-refractivity contribution in [1.82, 2.24) is 0 Å². The van der Waals surface area contributed by atoms with Crippen LogP contribution in [0.5, 0.6) is 0 Å². The second kappa shape index (κ2) is 4.99. The lowest BCUT2D eigenvalue weighted by molar-refractivity contribution is -0.143. The molecule has 0 aromatic carbocycles. The van der Waals surface area contributed by atoms with E-state index in [-0.39, 0.29) is 5.57 Å². The summed E-state index contributed by atoms with van der Waals surface area (Å²) < 4.78 is 0. The zero-order chi connectivity index (χ0) is 13.1. The molecule has 0 heterocycles. The van der Waals surface area contributed by atoms with Gasteiger partial charge in [0.15, 0.2) is 0 Å². The van der Waals surface area contributed by atoms with Gasteiger partial charge in [0.2, 0.25) is 0 Å². The Kier molecular flexibility index (Phi) is 3.89. The summed E-state index contributed by atoms with van der Waals surface area (Å²) in [6.45, 7) is 3.52. The fraction of sp³-hybridized carbons (Fsp3) is 0.385. The van der Waals surface area contributed by atoms with Gasteiger partial charge in [-0.05, 0) is 31.1 Å². The van der Waals surface area contributed by atoms with Crippen LogP contribution in [-0.2, 0) is 9.59 Å². The molecule has 1 unspecified atom stereocenters. The number of hydrogen-bond acceptors (Lipinski definition) is 2. The van der Waals surface area contributed by atoms with Crippen LogP contribution in [0.25, 0.3) is 0 Å². The van der Waals surface area contributed by atoms with E-state index in [4.69, 9.17) is 5.11 Å². The third-order valence-electron chi connectivity index (χ3n) is 2.83. The molecular formula is C13H16O4. The number of rotatable bonds is 4. The molecule has 0 amide bonds. The highest BCUT2D eigenvalue weighted by molar-refractivity contribution is 5.94. The summed E-state index contributed by atoms with van der Waals surface area (Å²) in [5, 5.41) is 18.1. The van der Waals surface area contributed by atoms with E-state index in [0.717, 1.165) is 12.8 Å². The van der Waals surface area contributed by atoms with E-state index >= 15 is 0 Å². The van der Waals surface area contributed by atoms with Gasteiger partial charge in [-0.15, -0.1) is 0 Å². The van der Waals surface area contributed by atoms with E-state index in [0.29, 0.717) is 5.57 Å². The Morgan fingerprint density at radius 3 is 2.47 bits per heavy atom. The van der Waals surface area contributed by atoms with E-state index < -0.39 is 17.4 Å². The highest BCUT2D eigenvalue weighted by Crippen LogP contribution is 2.35. The molecule has 17 heavy (non-hydrogen) atoms. The van der Waals surface area contributed by atoms with Crippen molar-refractivity contribution >= 4 is 11.9 Å². The number of hydrogen-bond donors (Lipinski definition) is 2. The Bertz CT molecular complexity index is 429. The average molecular weight is 236 g/mol. The van der Waals surface area contributed by atoms with Gasteiger partial charge in [0.05, 0.1) is 5.57 Å². The maximum atomic E-state index is 11.3. The Morgan fingerprint density at radius 1 is 1.35 bits per heavy atom. The molecular weight excluding hydrogens is 220 g/mol. The molecule has 1 aliphatic rings. The summed E-state index contributed by atoms with van der Waals surface area (Å²) in [6.07, 6.45) is 7.85. The van der Waals surface area contributed by atoms with Crippen LogP contribution in [0.4, 0.5) is 0 Å². The largest absolute Gasteiger partial charge is 0.480 e. The molecule has 0 aliphatic heterocycles. The fourth-order valence-electron chi connectivity index (χ4n) is 1.69. The molecule has 0 saturated heterocycles. The monoisotopic (exact) mass is 236 g/mol. The van der Waals surface area contributed by atoms with Gasteiger partial charge in [-0.25, -0.2) is 4.79 Å². The van der Waals surface area contributed by atoms with Gasteiger partial charge in [0.1, 0.15) is 5.41 Å². The molecule has 92 valence electrons. The third-order valence-corrected chi connectivity index (χ3v) is 2.83. The molecule has 0 spiro atoms. The summed E-state index contributed by atoms with van der Waals surface area (Å²) >= 11 is 0. The second-order valence-corrected chi connectivity index (χ2v) is 4.19. The maximum Gasteiger partial charge on any atom is 0.335 e. The van der Waals surface area contributed by atoms with Crippen molar-refractivity contribution in [1.29, 1.82) is 0 Å².